The fourth-order valence-corrected chi connectivity index (χ4v) is 0.581. The molecule has 11 heavy (non-hydrogen) atoms. The van der Waals surface area contributed by atoms with Crippen LogP contribution in [0, 0.1) is 6.07 Å². The van der Waals surface area contributed by atoms with Gasteiger partial charge in [0.25, 0.3) is 0 Å². The highest BCUT2D eigenvalue weighted by Crippen LogP contribution is 2.17. The van der Waals surface area contributed by atoms with Crippen molar-refractivity contribution >= 4 is 0 Å². The lowest BCUT2D eigenvalue weighted by Gasteiger charge is -2.09. The van der Waals surface area contributed by atoms with Crippen molar-refractivity contribution in [3.05, 3.63) is 30.3 Å². The summed E-state index contributed by atoms with van der Waals surface area (Å²) in [7, 11) is 0. The summed E-state index contributed by atoms with van der Waals surface area (Å²) in [6, 6.07) is 7.96. The second-order valence-electron chi connectivity index (χ2n) is 1.82. The normalized spacial score (nSPS) is 11.2. The molecule has 0 heterocycles. The highest BCUT2D eigenvalue weighted by atomic mass is 19.3. The molecule has 1 radical (unpaired) electrons. The first-order valence-corrected chi connectivity index (χ1v) is 2.83. The molecule has 0 saturated carbocycles. The SMILES string of the molecule is OC(F)(F)Oc1cc[c]cc1. The van der Waals surface area contributed by atoms with E-state index in [1.807, 2.05) is 0 Å². The summed E-state index contributed by atoms with van der Waals surface area (Å²) in [5, 5.41) is 7.91. The molecule has 1 aromatic carbocycles. The van der Waals surface area contributed by atoms with Gasteiger partial charge in [-0.05, 0) is 18.2 Å². The predicted octanol–water partition coefficient (Wildman–Crippen LogP) is 1.41. The van der Waals surface area contributed by atoms with Gasteiger partial charge < -0.3 is 9.84 Å². The Bertz CT molecular complexity index is 218. The Morgan fingerprint density at radius 3 is 2.36 bits per heavy atom. The highest BCUT2D eigenvalue weighted by molar-refractivity contribution is 5.20. The lowest BCUT2D eigenvalue weighted by molar-refractivity contribution is -0.327. The number of alkyl halides is 2. The van der Waals surface area contributed by atoms with Gasteiger partial charge in [-0.2, -0.15) is 0 Å². The van der Waals surface area contributed by atoms with Crippen molar-refractivity contribution in [2.45, 2.75) is 6.29 Å². The predicted molar refractivity (Wildman–Crippen MR) is 33.1 cm³/mol. The summed E-state index contributed by atoms with van der Waals surface area (Å²) < 4.78 is 27.3. The first kappa shape index (κ1) is 7.94. The maximum atomic E-state index is 11.7. The Morgan fingerprint density at radius 2 is 1.91 bits per heavy atom. The Kier molecular flexibility index (Phi) is 2.05. The van der Waals surface area contributed by atoms with E-state index in [0.29, 0.717) is 0 Å². The van der Waals surface area contributed by atoms with Crippen LogP contribution in [0.15, 0.2) is 24.3 Å². The minimum Gasteiger partial charge on any atom is -0.410 e. The van der Waals surface area contributed by atoms with Gasteiger partial charge in [-0.25, -0.2) is 0 Å². The van der Waals surface area contributed by atoms with Gasteiger partial charge in [-0.15, -0.1) is 8.78 Å². The summed E-state index contributed by atoms with van der Waals surface area (Å²) in [5.74, 6) is -0.101. The summed E-state index contributed by atoms with van der Waals surface area (Å²) in [6.45, 7) is 0. The quantitative estimate of drug-likeness (QED) is 0.661. The standard InChI is InChI=1S/C7H5F2O2/c8-7(9,10)11-6-4-2-1-3-5-6/h2-5,10H. The van der Waals surface area contributed by atoms with E-state index in [2.05, 4.69) is 10.8 Å². The van der Waals surface area contributed by atoms with Crippen molar-refractivity contribution in [1.82, 2.24) is 0 Å². The molecule has 0 amide bonds. The molecule has 2 nitrogen and oxygen atoms in total. The van der Waals surface area contributed by atoms with Gasteiger partial charge in [0.05, 0.1) is 0 Å². The Morgan fingerprint density at radius 1 is 1.36 bits per heavy atom. The summed E-state index contributed by atoms with van der Waals surface area (Å²) in [5.41, 5.74) is 0. The molecule has 0 aromatic heterocycles. The van der Waals surface area contributed by atoms with Crippen molar-refractivity contribution in [3.8, 4) is 5.75 Å². The third-order valence-electron chi connectivity index (χ3n) is 0.928. The third kappa shape index (κ3) is 2.95. The van der Waals surface area contributed by atoms with E-state index in [9.17, 15) is 8.78 Å². The summed E-state index contributed by atoms with van der Waals surface area (Å²) >= 11 is 0. The van der Waals surface area contributed by atoms with E-state index in [0.717, 1.165) is 0 Å². The lowest BCUT2D eigenvalue weighted by Crippen LogP contribution is -2.23. The molecule has 0 spiro atoms. The highest BCUT2D eigenvalue weighted by Gasteiger charge is 2.27. The third-order valence-corrected chi connectivity index (χ3v) is 0.928. The van der Waals surface area contributed by atoms with Crippen molar-refractivity contribution in [2.24, 2.45) is 0 Å². The van der Waals surface area contributed by atoms with E-state index in [1.54, 1.807) is 0 Å². The van der Waals surface area contributed by atoms with Gasteiger partial charge in [-0.3, -0.25) is 0 Å². The zero-order chi connectivity index (χ0) is 8.32. The fraction of sp³-hybridized carbons (Fsp3) is 0.143. The van der Waals surface area contributed by atoms with E-state index in [-0.39, 0.29) is 5.75 Å². The topological polar surface area (TPSA) is 29.5 Å². The van der Waals surface area contributed by atoms with Crippen LogP contribution < -0.4 is 4.74 Å². The smallest absolute Gasteiger partial charge is 0.410 e. The number of aliphatic hydroxyl groups is 1. The molecule has 0 saturated heterocycles. The first-order valence-electron chi connectivity index (χ1n) is 2.83. The molecule has 59 valence electrons. The molecule has 0 fully saturated rings. The zero-order valence-corrected chi connectivity index (χ0v) is 5.42. The molecule has 0 aliphatic rings. The Labute approximate surface area is 62.0 Å². The maximum Gasteiger partial charge on any atom is 0.532 e. The second kappa shape index (κ2) is 2.84. The second-order valence-corrected chi connectivity index (χ2v) is 1.82. The van der Waals surface area contributed by atoms with E-state index in [1.165, 1.54) is 24.3 Å². The molecule has 0 aliphatic heterocycles. The van der Waals surface area contributed by atoms with Gasteiger partial charge in [0.1, 0.15) is 5.75 Å². The fourth-order valence-electron chi connectivity index (χ4n) is 0.581. The molecule has 0 atom stereocenters. The molecular formula is C7H5F2O2. The average molecular weight is 159 g/mol. The van der Waals surface area contributed by atoms with Gasteiger partial charge in [0.15, 0.2) is 0 Å². The average Bonchev–Trinajstić information content (AvgIpc) is 1.85. The van der Waals surface area contributed by atoms with Crippen molar-refractivity contribution in [1.29, 1.82) is 0 Å². The van der Waals surface area contributed by atoms with Crippen LogP contribution in [0.5, 0.6) is 5.75 Å². The van der Waals surface area contributed by atoms with Crippen LogP contribution >= 0.6 is 0 Å². The number of hydrogen-bond donors (Lipinski definition) is 1. The molecule has 1 N–H and O–H groups in total. The van der Waals surface area contributed by atoms with E-state index >= 15 is 0 Å². The van der Waals surface area contributed by atoms with E-state index < -0.39 is 6.29 Å². The van der Waals surface area contributed by atoms with Crippen LogP contribution in [0.2, 0.25) is 0 Å². The minimum absolute atomic E-state index is 0.101. The Hall–Kier alpha value is -1.16. The Balaban J connectivity index is 2.66. The van der Waals surface area contributed by atoms with Gasteiger partial charge in [0, 0.05) is 0 Å². The zero-order valence-electron chi connectivity index (χ0n) is 5.42. The van der Waals surface area contributed by atoms with Crippen LogP contribution in [0.1, 0.15) is 0 Å². The molecule has 0 bridgehead atoms. The van der Waals surface area contributed by atoms with Crippen LogP contribution in [-0.2, 0) is 0 Å². The molecule has 4 heteroatoms. The van der Waals surface area contributed by atoms with E-state index in [4.69, 9.17) is 5.11 Å². The van der Waals surface area contributed by atoms with Crippen LogP contribution in [0.25, 0.3) is 0 Å². The molecule has 1 aromatic rings. The number of rotatable bonds is 2. The van der Waals surface area contributed by atoms with Gasteiger partial charge in [0.2, 0.25) is 0 Å². The number of hydrogen-bond acceptors (Lipinski definition) is 2. The molecule has 0 unspecified atom stereocenters. The molecule has 1 rings (SSSR count). The molecule has 0 aliphatic carbocycles. The minimum atomic E-state index is -4.11. The van der Waals surface area contributed by atoms with Gasteiger partial charge >= 0.3 is 6.29 Å². The largest absolute Gasteiger partial charge is 0.532 e. The first-order chi connectivity index (χ1) is 5.08. The lowest BCUT2D eigenvalue weighted by atomic mass is 10.3. The van der Waals surface area contributed by atoms with Crippen molar-refractivity contribution in [2.75, 3.05) is 0 Å². The maximum absolute atomic E-state index is 11.7. The van der Waals surface area contributed by atoms with Crippen molar-refractivity contribution in [3.63, 3.8) is 0 Å². The van der Waals surface area contributed by atoms with Crippen molar-refractivity contribution < 1.29 is 18.6 Å². The summed E-state index contributed by atoms with van der Waals surface area (Å²) in [6.07, 6.45) is -4.11. The van der Waals surface area contributed by atoms with Gasteiger partial charge in [-0.1, -0.05) is 12.1 Å². The number of halogens is 2. The monoisotopic (exact) mass is 159 g/mol. The van der Waals surface area contributed by atoms with Crippen LogP contribution in [-0.4, -0.2) is 11.4 Å². The van der Waals surface area contributed by atoms with Crippen LogP contribution in [0.4, 0.5) is 8.78 Å². The van der Waals surface area contributed by atoms with Crippen LogP contribution in [0.3, 0.4) is 0 Å². The number of ether oxygens (including phenoxy) is 1. The number of benzene rings is 1. The summed E-state index contributed by atoms with van der Waals surface area (Å²) in [4.78, 5) is 0. The molecular weight excluding hydrogens is 154 g/mol.